The van der Waals surface area contributed by atoms with Gasteiger partial charge in [0, 0.05) is 23.6 Å². The molecule has 0 saturated heterocycles. The fourth-order valence-corrected chi connectivity index (χ4v) is 3.67. The van der Waals surface area contributed by atoms with Crippen LogP contribution in [-0.2, 0) is 6.54 Å². The van der Waals surface area contributed by atoms with Crippen LogP contribution in [0.3, 0.4) is 0 Å². The predicted octanol–water partition coefficient (Wildman–Crippen LogP) is 5.15. The Morgan fingerprint density at radius 3 is 2.67 bits per heavy atom. The van der Waals surface area contributed by atoms with Crippen molar-refractivity contribution >= 4 is 46.1 Å². The summed E-state index contributed by atoms with van der Waals surface area (Å²) in [5.41, 5.74) is 2.45. The highest BCUT2D eigenvalue weighted by molar-refractivity contribution is 7.12. The van der Waals surface area contributed by atoms with Crippen LogP contribution < -0.4 is 10.6 Å². The molecule has 2 heterocycles. The van der Waals surface area contributed by atoms with Crippen LogP contribution in [0.4, 0.5) is 11.4 Å². The van der Waals surface area contributed by atoms with Crippen LogP contribution in [0.5, 0.6) is 0 Å². The summed E-state index contributed by atoms with van der Waals surface area (Å²) in [5, 5.41) is 12.0. The summed E-state index contributed by atoms with van der Waals surface area (Å²) in [4.78, 5) is 25.6. The number of hydrogen-bond donors (Lipinski definition) is 2. The lowest BCUT2D eigenvalue weighted by molar-refractivity contribution is 0.101. The van der Waals surface area contributed by atoms with Crippen LogP contribution in [0.15, 0.2) is 78.4 Å². The summed E-state index contributed by atoms with van der Waals surface area (Å²) in [6, 6.07) is 17.7. The van der Waals surface area contributed by atoms with E-state index in [4.69, 9.17) is 11.6 Å². The highest BCUT2D eigenvalue weighted by atomic mass is 35.5. The fourth-order valence-electron chi connectivity index (χ4n) is 2.89. The lowest BCUT2D eigenvalue weighted by atomic mass is 10.1. The molecule has 0 unspecified atom stereocenters. The van der Waals surface area contributed by atoms with Gasteiger partial charge in [0.15, 0.2) is 0 Å². The highest BCUT2D eigenvalue weighted by Crippen LogP contribution is 2.25. The van der Waals surface area contributed by atoms with Crippen molar-refractivity contribution in [2.45, 2.75) is 6.54 Å². The van der Waals surface area contributed by atoms with Crippen LogP contribution in [-0.4, -0.2) is 21.6 Å². The molecule has 4 aromatic rings. The minimum atomic E-state index is -0.297. The van der Waals surface area contributed by atoms with Gasteiger partial charge in [-0.1, -0.05) is 29.8 Å². The molecule has 2 aromatic heterocycles. The van der Waals surface area contributed by atoms with E-state index in [0.29, 0.717) is 33.4 Å². The largest absolute Gasteiger partial charge is 0.322 e. The van der Waals surface area contributed by atoms with Gasteiger partial charge < -0.3 is 10.6 Å². The number of nitrogens with zero attached hydrogens (tertiary/aromatic N) is 2. The van der Waals surface area contributed by atoms with Gasteiger partial charge in [-0.3, -0.25) is 14.3 Å². The first kappa shape index (κ1) is 19.9. The lowest BCUT2D eigenvalue weighted by Crippen LogP contribution is -2.14. The Labute approximate surface area is 182 Å². The predicted molar refractivity (Wildman–Crippen MR) is 119 cm³/mol. The maximum atomic E-state index is 12.7. The zero-order valence-corrected chi connectivity index (χ0v) is 17.3. The normalized spacial score (nSPS) is 10.6. The van der Waals surface area contributed by atoms with Crippen molar-refractivity contribution < 1.29 is 9.59 Å². The SMILES string of the molecule is O=C(Nc1cccc(Cn2cccn2)c1)c1ccc(Cl)c(NC(=O)c2cccs2)c1. The summed E-state index contributed by atoms with van der Waals surface area (Å²) in [5.74, 6) is -0.565. The molecule has 4 rings (SSSR count). The van der Waals surface area contributed by atoms with E-state index in [2.05, 4.69) is 15.7 Å². The molecule has 30 heavy (non-hydrogen) atoms. The minimum absolute atomic E-state index is 0.268. The molecule has 0 aliphatic carbocycles. The van der Waals surface area contributed by atoms with Crippen LogP contribution in [0.25, 0.3) is 0 Å². The molecule has 0 spiro atoms. The molecule has 6 nitrogen and oxygen atoms in total. The number of carbonyl (C=O) groups excluding carboxylic acids is 2. The van der Waals surface area contributed by atoms with E-state index in [0.717, 1.165) is 5.56 Å². The molecule has 2 N–H and O–H groups in total. The van der Waals surface area contributed by atoms with E-state index in [-0.39, 0.29) is 11.8 Å². The third kappa shape index (κ3) is 4.76. The van der Waals surface area contributed by atoms with Crippen molar-refractivity contribution in [1.29, 1.82) is 0 Å². The first-order valence-electron chi connectivity index (χ1n) is 9.10. The van der Waals surface area contributed by atoms with E-state index in [1.54, 1.807) is 36.5 Å². The third-order valence-electron chi connectivity index (χ3n) is 4.31. The van der Waals surface area contributed by atoms with Crippen molar-refractivity contribution in [3.8, 4) is 0 Å². The number of aromatic nitrogens is 2. The summed E-state index contributed by atoms with van der Waals surface area (Å²) in [6.07, 6.45) is 3.60. The van der Waals surface area contributed by atoms with Crippen LogP contribution in [0.2, 0.25) is 5.02 Å². The van der Waals surface area contributed by atoms with E-state index < -0.39 is 0 Å². The summed E-state index contributed by atoms with van der Waals surface area (Å²) >= 11 is 7.53. The summed E-state index contributed by atoms with van der Waals surface area (Å²) in [7, 11) is 0. The lowest BCUT2D eigenvalue weighted by Gasteiger charge is -2.11. The summed E-state index contributed by atoms with van der Waals surface area (Å²) < 4.78 is 1.81. The van der Waals surface area contributed by atoms with Crippen molar-refractivity contribution in [1.82, 2.24) is 9.78 Å². The molecule has 2 aromatic carbocycles. The number of amides is 2. The van der Waals surface area contributed by atoms with E-state index in [1.807, 2.05) is 46.6 Å². The Bertz CT molecular complexity index is 1170. The van der Waals surface area contributed by atoms with Gasteiger partial charge in [-0.2, -0.15) is 5.10 Å². The second-order valence-electron chi connectivity index (χ2n) is 6.48. The van der Waals surface area contributed by atoms with Crippen LogP contribution >= 0.6 is 22.9 Å². The number of nitrogens with one attached hydrogen (secondary N) is 2. The van der Waals surface area contributed by atoms with E-state index in [1.165, 1.54) is 11.3 Å². The van der Waals surface area contributed by atoms with Crippen molar-refractivity contribution in [2.75, 3.05) is 10.6 Å². The first-order chi connectivity index (χ1) is 14.6. The van der Waals surface area contributed by atoms with Crippen molar-refractivity contribution in [2.24, 2.45) is 0 Å². The molecule has 0 saturated carbocycles. The average Bonchev–Trinajstić information content (AvgIpc) is 3.44. The molecule has 0 aliphatic rings. The second-order valence-corrected chi connectivity index (χ2v) is 7.84. The quantitative estimate of drug-likeness (QED) is 0.438. The van der Waals surface area contributed by atoms with Gasteiger partial charge in [0.05, 0.1) is 22.1 Å². The highest BCUT2D eigenvalue weighted by Gasteiger charge is 2.13. The first-order valence-corrected chi connectivity index (χ1v) is 10.4. The van der Waals surface area contributed by atoms with Gasteiger partial charge in [0.1, 0.15) is 0 Å². The van der Waals surface area contributed by atoms with Crippen LogP contribution in [0, 0.1) is 0 Å². The smallest absolute Gasteiger partial charge is 0.265 e. The summed E-state index contributed by atoms with van der Waals surface area (Å²) in [6.45, 7) is 0.608. The number of anilines is 2. The van der Waals surface area contributed by atoms with Crippen LogP contribution in [0.1, 0.15) is 25.6 Å². The Morgan fingerprint density at radius 2 is 1.90 bits per heavy atom. The molecule has 150 valence electrons. The molecular weight excluding hydrogens is 420 g/mol. The van der Waals surface area contributed by atoms with Crippen molar-refractivity contribution in [3.63, 3.8) is 0 Å². The standard InChI is InChI=1S/C22H17ClN4O2S/c23-18-8-7-16(13-19(18)26-22(29)20-6-2-11-30-20)21(28)25-17-5-1-4-15(12-17)14-27-10-3-9-24-27/h1-13H,14H2,(H,25,28)(H,26,29). The fraction of sp³-hybridized carbons (Fsp3) is 0.0455. The van der Waals surface area contributed by atoms with Gasteiger partial charge >= 0.3 is 0 Å². The Kier molecular flexibility index (Phi) is 5.92. The number of benzene rings is 2. The van der Waals surface area contributed by atoms with Gasteiger partial charge in [-0.25, -0.2) is 0 Å². The zero-order chi connectivity index (χ0) is 20.9. The molecule has 0 fully saturated rings. The minimum Gasteiger partial charge on any atom is -0.322 e. The molecule has 0 radical (unpaired) electrons. The van der Waals surface area contributed by atoms with E-state index in [9.17, 15) is 9.59 Å². The average molecular weight is 437 g/mol. The number of carbonyl (C=O) groups is 2. The number of hydrogen-bond acceptors (Lipinski definition) is 4. The van der Waals surface area contributed by atoms with Gasteiger partial charge in [0.2, 0.25) is 0 Å². The number of rotatable bonds is 6. The topological polar surface area (TPSA) is 76.0 Å². The zero-order valence-electron chi connectivity index (χ0n) is 15.7. The van der Waals surface area contributed by atoms with Crippen molar-refractivity contribution in [3.05, 3.63) is 99.5 Å². The van der Waals surface area contributed by atoms with E-state index >= 15 is 0 Å². The maximum absolute atomic E-state index is 12.7. The molecule has 0 atom stereocenters. The van der Waals surface area contributed by atoms with Gasteiger partial charge in [0.25, 0.3) is 11.8 Å². The Balaban J connectivity index is 1.48. The monoisotopic (exact) mass is 436 g/mol. The number of thiophene rings is 1. The molecule has 0 bridgehead atoms. The second kappa shape index (κ2) is 8.94. The van der Waals surface area contributed by atoms with Gasteiger partial charge in [-0.15, -0.1) is 11.3 Å². The Hall–Kier alpha value is -3.42. The molecule has 8 heteroatoms. The molecule has 0 aliphatic heterocycles. The number of halogens is 1. The third-order valence-corrected chi connectivity index (χ3v) is 5.51. The van der Waals surface area contributed by atoms with Gasteiger partial charge in [-0.05, 0) is 53.4 Å². The molecular formula is C22H17ClN4O2S. The molecule has 2 amide bonds. The maximum Gasteiger partial charge on any atom is 0.265 e. The Morgan fingerprint density at radius 1 is 1.00 bits per heavy atom.